The lowest BCUT2D eigenvalue weighted by atomic mass is 10.2. The molecule has 0 bridgehead atoms. The van der Waals surface area contributed by atoms with Crippen LogP contribution in [-0.2, 0) is 14.1 Å². The number of ketones is 1. The van der Waals surface area contributed by atoms with Gasteiger partial charge >= 0.3 is 0 Å². The van der Waals surface area contributed by atoms with Gasteiger partial charge in [0.25, 0.3) is 0 Å². The van der Waals surface area contributed by atoms with Crippen LogP contribution < -0.4 is 0 Å². The molecule has 0 amide bonds. The fourth-order valence-corrected chi connectivity index (χ4v) is 1.80. The molecule has 0 saturated heterocycles. The molecule has 0 saturated carbocycles. The van der Waals surface area contributed by atoms with Crippen molar-refractivity contribution < 1.29 is 4.79 Å². The van der Waals surface area contributed by atoms with E-state index in [1.54, 1.807) is 26.4 Å². The van der Waals surface area contributed by atoms with E-state index in [4.69, 9.17) is 0 Å². The van der Waals surface area contributed by atoms with Crippen LogP contribution in [0.15, 0.2) is 16.9 Å². The first-order valence-electron chi connectivity index (χ1n) is 4.19. The van der Waals surface area contributed by atoms with Gasteiger partial charge in [-0.25, -0.2) is 4.68 Å². The molecular formula is C8H8BrN5O. The maximum Gasteiger partial charge on any atom is 0.231 e. The Morgan fingerprint density at radius 2 is 2.13 bits per heavy atom. The fraction of sp³-hybridized carbons (Fsp3) is 0.250. The number of hydrogen-bond donors (Lipinski definition) is 0. The lowest BCUT2D eigenvalue weighted by Gasteiger charge is -2.01. The monoisotopic (exact) mass is 269 g/mol. The van der Waals surface area contributed by atoms with Crippen LogP contribution in [0, 0.1) is 0 Å². The third-order valence-electron chi connectivity index (χ3n) is 2.05. The summed E-state index contributed by atoms with van der Waals surface area (Å²) in [6.45, 7) is 0. The zero-order chi connectivity index (χ0) is 11.0. The normalized spacial score (nSPS) is 10.6. The fourth-order valence-electron chi connectivity index (χ4n) is 1.29. The highest BCUT2D eigenvalue weighted by Crippen LogP contribution is 2.15. The quantitative estimate of drug-likeness (QED) is 0.747. The predicted molar refractivity (Wildman–Crippen MR) is 55.3 cm³/mol. The summed E-state index contributed by atoms with van der Waals surface area (Å²) in [6, 6.07) is 1.65. The predicted octanol–water partition coefficient (Wildman–Crippen LogP) is 0.542. The van der Waals surface area contributed by atoms with Crippen LogP contribution in [0.4, 0.5) is 0 Å². The van der Waals surface area contributed by atoms with Gasteiger partial charge in [-0.3, -0.25) is 9.48 Å². The van der Waals surface area contributed by atoms with Crippen LogP contribution in [0.3, 0.4) is 0 Å². The number of carbonyl (C=O) groups excluding carboxylic acids is 1. The van der Waals surface area contributed by atoms with Gasteiger partial charge < -0.3 is 0 Å². The molecule has 2 heterocycles. The second-order valence-electron chi connectivity index (χ2n) is 3.02. The van der Waals surface area contributed by atoms with Gasteiger partial charge in [0.1, 0.15) is 11.4 Å². The largest absolute Gasteiger partial charge is 0.285 e. The van der Waals surface area contributed by atoms with E-state index in [9.17, 15) is 4.79 Å². The SMILES string of the molecule is Cn1nccc1C(=O)c1c(Br)nnn1C. The molecule has 0 aromatic carbocycles. The summed E-state index contributed by atoms with van der Waals surface area (Å²) in [4.78, 5) is 12.0. The molecule has 0 unspecified atom stereocenters. The first-order chi connectivity index (χ1) is 7.11. The van der Waals surface area contributed by atoms with Gasteiger partial charge in [-0.1, -0.05) is 5.21 Å². The Morgan fingerprint density at radius 3 is 2.60 bits per heavy atom. The lowest BCUT2D eigenvalue weighted by molar-refractivity contribution is 0.102. The van der Waals surface area contributed by atoms with Gasteiger partial charge in [0.15, 0.2) is 4.60 Å². The summed E-state index contributed by atoms with van der Waals surface area (Å²) in [5.41, 5.74) is 0.916. The van der Waals surface area contributed by atoms with Crippen molar-refractivity contribution in [2.24, 2.45) is 14.1 Å². The Kier molecular flexibility index (Phi) is 2.39. The summed E-state index contributed by atoms with van der Waals surface area (Å²) >= 11 is 3.18. The van der Waals surface area contributed by atoms with Crippen molar-refractivity contribution in [2.75, 3.05) is 0 Å². The second-order valence-corrected chi connectivity index (χ2v) is 3.77. The van der Waals surface area contributed by atoms with Gasteiger partial charge in [0, 0.05) is 20.3 Å². The number of rotatable bonds is 2. The maximum absolute atomic E-state index is 12.0. The van der Waals surface area contributed by atoms with Crippen molar-refractivity contribution in [3.63, 3.8) is 0 Å². The topological polar surface area (TPSA) is 65.6 Å². The number of nitrogens with zero attached hydrogens (tertiary/aromatic N) is 5. The van der Waals surface area contributed by atoms with Gasteiger partial charge in [0.2, 0.25) is 5.78 Å². The van der Waals surface area contributed by atoms with E-state index in [2.05, 4.69) is 31.3 Å². The molecule has 0 aliphatic heterocycles. The highest BCUT2D eigenvalue weighted by molar-refractivity contribution is 9.10. The highest BCUT2D eigenvalue weighted by atomic mass is 79.9. The van der Waals surface area contributed by atoms with Gasteiger partial charge in [0.05, 0.1) is 0 Å². The Bertz CT molecular complexity index is 495. The van der Waals surface area contributed by atoms with Crippen LogP contribution in [-0.4, -0.2) is 30.6 Å². The number of aryl methyl sites for hydroxylation is 2. The molecule has 78 valence electrons. The highest BCUT2D eigenvalue weighted by Gasteiger charge is 2.20. The van der Waals surface area contributed by atoms with Crippen LogP contribution >= 0.6 is 15.9 Å². The molecule has 7 heteroatoms. The minimum atomic E-state index is -0.158. The molecule has 0 aliphatic carbocycles. The summed E-state index contributed by atoms with van der Waals surface area (Å²) in [7, 11) is 3.38. The van der Waals surface area contributed by atoms with Gasteiger partial charge in [-0.2, -0.15) is 5.10 Å². The van der Waals surface area contributed by atoms with E-state index in [0.29, 0.717) is 16.0 Å². The molecule has 0 radical (unpaired) electrons. The van der Waals surface area contributed by atoms with Crippen LogP contribution in [0.5, 0.6) is 0 Å². The molecule has 0 fully saturated rings. The molecule has 15 heavy (non-hydrogen) atoms. The van der Waals surface area contributed by atoms with Crippen LogP contribution in [0.25, 0.3) is 0 Å². The first kappa shape index (κ1) is 10.0. The summed E-state index contributed by atoms with van der Waals surface area (Å²) in [5.74, 6) is -0.158. The Balaban J connectivity index is 2.50. The molecule has 2 aromatic rings. The van der Waals surface area contributed by atoms with E-state index in [1.165, 1.54) is 9.36 Å². The maximum atomic E-state index is 12.0. The van der Waals surface area contributed by atoms with E-state index < -0.39 is 0 Å². The average molecular weight is 270 g/mol. The molecular weight excluding hydrogens is 262 g/mol. The van der Waals surface area contributed by atoms with Crippen molar-refractivity contribution >= 4 is 21.7 Å². The zero-order valence-corrected chi connectivity index (χ0v) is 9.76. The van der Waals surface area contributed by atoms with Gasteiger partial charge in [-0.05, 0) is 22.0 Å². The number of hydrogen-bond acceptors (Lipinski definition) is 4. The molecule has 2 aromatic heterocycles. The third kappa shape index (κ3) is 1.58. The molecule has 6 nitrogen and oxygen atoms in total. The number of aromatic nitrogens is 5. The van der Waals surface area contributed by atoms with Crippen molar-refractivity contribution in [1.82, 2.24) is 24.8 Å². The van der Waals surface area contributed by atoms with Crippen molar-refractivity contribution in [1.29, 1.82) is 0 Å². The van der Waals surface area contributed by atoms with Crippen molar-refractivity contribution in [3.8, 4) is 0 Å². The summed E-state index contributed by atoms with van der Waals surface area (Å²) in [6.07, 6.45) is 1.57. The average Bonchev–Trinajstić information content (AvgIpc) is 2.73. The van der Waals surface area contributed by atoms with Crippen molar-refractivity contribution in [2.45, 2.75) is 0 Å². The van der Waals surface area contributed by atoms with Gasteiger partial charge in [-0.15, -0.1) is 5.10 Å². The minimum Gasteiger partial charge on any atom is -0.285 e. The first-order valence-corrected chi connectivity index (χ1v) is 4.98. The standard InChI is InChI=1S/C8H8BrN5O/c1-13-5(3-4-10-13)7(15)6-8(9)11-12-14(6)2/h3-4H,1-2H3. The minimum absolute atomic E-state index is 0.158. The van der Waals surface area contributed by atoms with Crippen LogP contribution in [0.2, 0.25) is 0 Å². The third-order valence-corrected chi connectivity index (χ3v) is 2.59. The van der Waals surface area contributed by atoms with E-state index in [-0.39, 0.29) is 5.78 Å². The van der Waals surface area contributed by atoms with E-state index in [1.807, 2.05) is 0 Å². The molecule has 0 N–H and O–H groups in total. The zero-order valence-electron chi connectivity index (χ0n) is 8.18. The Morgan fingerprint density at radius 1 is 1.40 bits per heavy atom. The smallest absolute Gasteiger partial charge is 0.231 e. The number of carbonyl (C=O) groups is 1. The second kappa shape index (κ2) is 3.58. The number of halogens is 1. The molecule has 0 aliphatic rings. The van der Waals surface area contributed by atoms with E-state index >= 15 is 0 Å². The molecule has 0 atom stereocenters. The molecule has 0 spiro atoms. The Labute approximate surface area is 94.0 Å². The molecule has 2 rings (SSSR count). The van der Waals surface area contributed by atoms with E-state index in [0.717, 1.165) is 0 Å². The Hall–Kier alpha value is -1.50. The summed E-state index contributed by atoms with van der Waals surface area (Å²) in [5, 5.41) is 11.4. The lowest BCUT2D eigenvalue weighted by Crippen LogP contribution is -2.13. The van der Waals surface area contributed by atoms with Crippen molar-refractivity contribution in [3.05, 3.63) is 28.3 Å². The summed E-state index contributed by atoms with van der Waals surface area (Å²) < 4.78 is 3.39. The van der Waals surface area contributed by atoms with Crippen LogP contribution in [0.1, 0.15) is 16.2 Å².